The number of carbonyl (C=O) groups excluding carboxylic acids is 4. The van der Waals surface area contributed by atoms with Gasteiger partial charge in [0.1, 0.15) is 11.9 Å². The van der Waals surface area contributed by atoms with Crippen molar-refractivity contribution in [3.63, 3.8) is 0 Å². The number of fused-ring (bicyclic) bond motifs is 5. The van der Waals surface area contributed by atoms with E-state index in [-0.39, 0.29) is 45.3 Å². The van der Waals surface area contributed by atoms with E-state index in [0.717, 1.165) is 41.4 Å². The molecule has 0 spiro atoms. The Morgan fingerprint density at radius 3 is 2.08 bits per heavy atom. The van der Waals surface area contributed by atoms with Crippen LogP contribution in [-0.2, 0) is 9.59 Å². The Morgan fingerprint density at radius 1 is 0.944 bits per heavy atom. The third kappa shape index (κ3) is 4.11. The minimum Gasteiger partial charge on any atom is -0.292 e. The molecule has 3 amide bonds. The van der Waals surface area contributed by atoms with Gasteiger partial charge in [-0.15, -0.1) is 11.6 Å². The van der Waals surface area contributed by atoms with Crippen molar-refractivity contribution in [1.29, 1.82) is 0 Å². The average molecular weight is 552 g/mol. The largest absolute Gasteiger partial charge is 0.292 e. The van der Waals surface area contributed by atoms with Gasteiger partial charge in [0.25, 0.3) is 17.7 Å². The van der Waals surface area contributed by atoms with Crippen LogP contribution in [0.4, 0.5) is 4.39 Å². The lowest BCUT2D eigenvalue weighted by atomic mass is 9.81. The zero-order valence-electron chi connectivity index (χ0n) is 19.0. The second-order valence-electron chi connectivity index (χ2n) is 9.52. The van der Waals surface area contributed by atoms with Gasteiger partial charge in [0.15, 0.2) is 5.78 Å². The summed E-state index contributed by atoms with van der Waals surface area (Å²) >= 11 is 18.2. The molecule has 1 saturated heterocycles. The topological polar surface area (TPSA) is 74.8 Å². The number of halogens is 4. The summed E-state index contributed by atoms with van der Waals surface area (Å²) in [7, 11) is 0. The standard InChI is InChI=1S/C26H22Cl3FN2O4/c27-10-9-20(23(33)13-3-6-17(30)7-4-13)31(24(34)16-5-8-18(28)19(29)12-16)32-25(35)21-14-1-2-15(11-14)22(21)26(32)36/h3-8,12,14-15,20-22H,1-2,9-11H2/t14-,15-,20-,21-,22+/m0/s1. The highest BCUT2D eigenvalue weighted by molar-refractivity contribution is 6.42. The molecule has 5 atom stereocenters. The summed E-state index contributed by atoms with van der Waals surface area (Å²) in [5, 5.41) is 2.13. The number of carbonyl (C=O) groups is 4. The van der Waals surface area contributed by atoms with Gasteiger partial charge >= 0.3 is 0 Å². The molecule has 5 rings (SSSR count). The third-order valence-corrected chi connectivity index (χ3v) is 8.56. The maximum atomic E-state index is 13.9. The van der Waals surface area contributed by atoms with Crippen molar-refractivity contribution in [1.82, 2.24) is 10.0 Å². The summed E-state index contributed by atoms with van der Waals surface area (Å²) < 4.78 is 13.5. The SMILES string of the molecule is O=C(c1ccc(F)cc1)[C@H](CCCl)N(C(=O)c1ccc(Cl)c(Cl)c1)N1C(=O)[C@@H]2[C@H]3CC[C@@H](C3)[C@@H]2C1=O. The molecule has 2 bridgehead atoms. The first kappa shape index (κ1) is 25.2. The molecule has 2 aliphatic carbocycles. The number of nitrogens with zero attached hydrogens (tertiary/aromatic N) is 2. The molecule has 0 radical (unpaired) electrons. The number of hydrogen-bond donors (Lipinski definition) is 0. The molecule has 188 valence electrons. The van der Waals surface area contributed by atoms with Crippen LogP contribution in [0.2, 0.25) is 10.0 Å². The van der Waals surface area contributed by atoms with Gasteiger partial charge in [-0.05, 0) is 80.0 Å². The zero-order valence-corrected chi connectivity index (χ0v) is 21.3. The van der Waals surface area contributed by atoms with Gasteiger partial charge in [-0.1, -0.05) is 23.2 Å². The number of alkyl halides is 1. The first-order chi connectivity index (χ1) is 17.2. The molecule has 0 unspecified atom stereocenters. The first-order valence-corrected chi connectivity index (χ1v) is 13.0. The summed E-state index contributed by atoms with van der Waals surface area (Å²) in [4.78, 5) is 54.9. The molecule has 10 heteroatoms. The van der Waals surface area contributed by atoms with E-state index < -0.39 is 47.2 Å². The number of amides is 3. The highest BCUT2D eigenvalue weighted by Crippen LogP contribution is 2.56. The van der Waals surface area contributed by atoms with Crippen LogP contribution in [0.25, 0.3) is 0 Å². The van der Waals surface area contributed by atoms with E-state index in [4.69, 9.17) is 34.8 Å². The van der Waals surface area contributed by atoms with E-state index in [1.807, 2.05) is 0 Å². The summed E-state index contributed by atoms with van der Waals surface area (Å²) in [6.07, 6.45) is 2.50. The van der Waals surface area contributed by atoms with Crippen molar-refractivity contribution in [2.24, 2.45) is 23.7 Å². The fraction of sp³-hybridized carbons (Fsp3) is 0.385. The highest BCUT2D eigenvalue weighted by atomic mass is 35.5. The Hall–Kier alpha value is -2.48. The van der Waals surface area contributed by atoms with Gasteiger partial charge in [0.05, 0.1) is 21.9 Å². The monoisotopic (exact) mass is 550 g/mol. The van der Waals surface area contributed by atoms with Crippen molar-refractivity contribution < 1.29 is 23.6 Å². The normalized spacial score (nSPS) is 25.3. The maximum absolute atomic E-state index is 13.9. The van der Waals surface area contributed by atoms with Crippen molar-refractivity contribution >= 4 is 58.3 Å². The Bertz CT molecular complexity index is 1230. The zero-order chi connectivity index (χ0) is 25.7. The van der Waals surface area contributed by atoms with Gasteiger partial charge in [0.2, 0.25) is 0 Å². The molecular weight excluding hydrogens is 530 g/mol. The lowest BCUT2D eigenvalue weighted by Gasteiger charge is -2.36. The number of benzene rings is 2. The molecule has 6 nitrogen and oxygen atoms in total. The van der Waals surface area contributed by atoms with Gasteiger partial charge in [-0.2, -0.15) is 5.01 Å². The van der Waals surface area contributed by atoms with E-state index in [1.54, 1.807) is 0 Å². The Kier molecular flexibility index (Phi) is 6.83. The predicted molar refractivity (Wildman–Crippen MR) is 132 cm³/mol. The highest BCUT2D eigenvalue weighted by Gasteiger charge is 2.63. The van der Waals surface area contributed by atoms with Crippen LogP contribution in [-0.4, -0.2) is 45.4 Å². The molecule has 36 heavy (non-hydrogen) atoms. The van der Waals surface area contributed by atoms with E-state index in [1.165, 1.54) is 30.3 Å². The van der Waals surface area contributed by atoms with Crippen molar-refractivity contribution in [2.75, 3.05) is 5.88 Å². The van der Waals surface area contributed by atoms with Crippen LogP contribution in [0.15, 0.2) is 42.5 Å². The molecule has 1 aliphatic heterocycles. The van der Waals surface area contributed by atoms with Crippen molar-refractivity contribution in [3.05, 3.63) is 69.5 Å². The summed E-state index contributed by atoms with van der Waals surface area (Å²) in [5.74, 6) is -3.66. The first-order valence-electron chi connectivity index (χ1n) is 11.7. The van der Waals surface area contributed by atoms with Crippen LogP contribution < -0.4 is 0 Å². The summed E-state index contributed by atoms with van der Waals surface area (Å²) in [6.45, 7) is 0. The van der Waals surface area contributed by atoms with E-state index in [2.05, 4.69) is 0 Å². The molecular formula is C26H22Cl3FN2O4. The number of rotatable bonds is 7. The van der Waals surface area contributed by atoms with E-state index in [9.17, 15) is 23.6 Å². The van der Waals surface area contributed by atoms with Crippen LogP contribution in [0.1, 0.15) is 46.4 Å². The fourth-order valence-electron chi connectivity index (χ4n) is 6.01. The number of hydrazine groups is 1. The lowest BCUT2D eigenvalue weighted by Crippen LogP contribution is -2.58. The molecule has 0 aromatic heterocycles. The fourth-order valence-corrected chi connectivity index (χ4v) is 6.52. The number of Topliss-reactive ketones (excluding diaryl/α,β-unsaturated/α-hetero) is 1. The number of hydrogen-bond acceptors (Lipinski definition) is 4. The average Bonchev–Trinajstić information content (AvgIpc) is 3.55. The van der Waals surface area contributed by atoms with Crippen LogP contribution >= 0.6 is 34.8 Å². The second kappa shape index (κ2) is 9.77. The van der Waals surface area contributed by atoms with E-state index in [0.29, 0.717) is 0 Å². The van der Waals surface area contributed by atoms with E-state index >= 15 is 0 Å². The molecule has 0 N–H and O–H groups in total. The predicted octanol–water partition coefficient (Wildman–Crippen LogP) is 5.40. The smallest absolute Gasteiger partial charge is 0.273 e. The minimum absolute atomic E-state index is 0.0307. The van der Waals surface area contributed by atoms with Crippen molar-refractivity contribution in [2.45, 2.75) is 31.7 Å². The molecule has 3 fully saturated rings. The van der Waals surface area contributed by atoms with Gasteiger partial charge in [-0.25, -0.2) is 9.40 Å². The van der Waals surface area contributed by atoms with Gasteiger partial charge < -0.3 is 0 Å². The third-order valence-electron chi connectivity index (χ3n) is 7.60. The minimum atomic E-state index is -1.28. The number of imide groups is 1. The number of ketones is 1. The van der Waals surface area contributed by atoms with Crippen LogP contribution in [0, 0.1) is 29.5 Å². The molecule has 1 heterocycles. The Labute approximate surface area is 222 Å². The Morgan fingerprint density at radius 2 is 1.53 bits per heavy atom. The molecule has 3 aliphatic rings. The second-order valence-corrected chi connectivity index (χ2v) is 10.7. The summed E-state index contributed by atoms with van der Waals surface area (Å²) in [6, 6.07) is 7.74. The maximum Gasteiger partial charge on any atom is 0.273 e. The lowest BCUT2D eigenvalue weighted by molar-refractivity contribution is -0.157. The molecule has 2 aromatic rings. The summed E-state index contributed by atoms with van der Waals surface area (Å²) in [5.41, 5.74) is 0.175. The van der Waals surface area contributed by atoms with Gasteiger partial charge in [0, 0.05) is 17.0 Å². The quantitative estimate of drug-likeness (QED) is 0.262. The van der Waals surface area contributed by atoms with Crippen molar-refractivity contribution in [3.8, 4) is 0 Å². The van der Waals surface area contributed by atoms with Crippen LogP contribution in [0.5, 0.6) is 0 Å². The molecule has 2 aromatic carbocycles. The van der Waals surface area contributed by atoms with Gasteiger partial charge in [-0.3, -0.25) is 19.2 Å². The molecule has 2 saturated carbocycles. The Balaban J connectivity index is 1.60. The van der Waals surface area contributed by atoms with Crippen LogP contribution in [0.3, 0.4) is 0 Å².